The minimum absolute atomic E-state index is 0.0191. The number of anilines is 1. The van der Waals surface area contributed by atoms with E-state index in [0.717, 1.165) is 60.5 Å². The molecule has 2 N–H and O–H groups in total. The van der Waals surface area contributed by atoms with Crippen molar-refractivity contribution < 1.29 is 14.6 Å². The molecule has 0 unspecified atom stereocenters. The Morgan fingerprint density at radius 3 is 2.63 bits per heavy atom. The average Bonchev–Trinajstić information content (AvgIpc) is 3.53. The van der Waals surface area contributed by atoms with Crippen LogP contribution in [0.4, 0.5) is 10.6 Å². The van der Waals surface area contributed by atoms with Crippen LogP contribution in [0.15, 0.2) is 48.8 Å². The molecule has 3 aromatic rings. The molecule has 0 bridgehead atoms. The van der Waals surface area contributed by atoms with Crippen molar-refractivity contribution in [1.82, 2.24) is 25.0 Å². The molecule has 9 heteroatoms. The molecule has 0 saturated carbocycles. The highest BCUT2D eigenvalue weighted by Crippen LogP contribution is 2.40. The lowest BCUT2D eigenvalue weighted by atomic mass is 9.86. The van der Waals surface area contributed by atoms with E-state index < -0.39 is 5.60 Å². The molecule has 2 fully saturated rings. The zero-order valence-corrected chi connectivity index (χ0v) is 22.8. The molecular weight excluding hydrogens is 480 g/mol. The van der Waals surface area contributed by atoms with E-state index in [-0.39, 0.29) is 11.6 Å². The molecule has 2 saturated heterocycles. The number of hydrogen-bond donors (Lipinski definition) is 2. The number of β-amino-alcohol motifs (C(OH)–C–C–N with tert-alkyl or cyclic N) is 1. The number of methoxy groups -OCH3 is 1. The van der Waals surface area contributed by atoms with Gasteiger partial charge in [-0.15, -0.1) is 0 Å². The number of rotatable bonds is 8. The van der Waals surface area contributed by atoms with Crippen LogP contribution in [-0.2, 0) is 13.0 Å². The number of carbonyl (C=O) groups excluding carboxylic acids is 1. The van der Waals surface area contributed by atoms with Crippen molar-refractivity contribution in [3.63, 3.8) is 0 Å². The Hall–Kier alpha value is -3.43. The molecule has 0 radical (unpaired) electrons. The van der Waals surface area contributed by atoms with Crippen LogP contribution >= 0.6 is 0 Å². The Kier molecular flexibility index (Phi) is 7.15. The number of amides is 2. The number of piperidine rings is 1. The zero-order valence-electron chi connectivity index (χ0n) is 22.8. The summed E-state index contributed by atoms with van der Waals surface area (Å²) < 4.78 is 5.44. The number of hydrogen-bond acceptors (Lipinski definition) is 6. The highest BCUT2D eigenvalue weighted by molar-refractivity contribution is 5.94. The van der Waals surface area contributed by atoms with Crippen molar-refractivity contribution in [3.05, 3.63) is 60.0 Å². The molecule has 2 amide bonds. The summed E-state index contributed by atoms with van der Waals surface area (Å²) in [6.07, 6.45) is 6.08. The number of aryl methyl sites for hydroxylation is 1. The Bertz CT molecular complexity index is 1260. The summed E-state index contributed by atoms with van der Waals surface area (Å²) in [5.41, 5.74) is 2.93. The van der Waals surface area contributed by atoms with Crippen molar-refractivity contribution >= 4 is 11.8 Å². The van der Waals surface area contributed by atoms with E-state index in [9.17, 15) is 9.90 Å². The van der Waals surface area contributed by atoms with Crippen LogP contribution in [0.25, 0.3) is 11.1 Å². The number of H-pyrrole nitrogens is 1. The number of aromatic nitrogens is 3. The van der Waals surface area contributed by atoms with Gasteiger partial charge in [0, 0.05) is 43.5 Å². The molecule has 0 aliphatic carbocycles. The highest BCUT2D eigenvalue weighted by Gasteiger charge is 2.51. The quantitative estimate of drug-likeness (QED) is 0.466. The molecule has 5 rings (SSSR count). The van der Waals surface area contributed by atoms with Gasteiger partial charge in [-0.2, -0.15) is 5.10 Å². The van der Waals surface area contributed by atoms with E-state index in [0.29, 0.717) is 25.5 Å². The smallest absolute Gasteiger partial charge is 0.326 e. The van der Waals surface area contributed by atoms with Gasteiger partial charge >= 0.3 is 6.03 Å². The van der Waals surface area contributed by atoms with Crippen LogP contribution in [0.2, 0.25) is 0 Å². The number of urea groups is 1. The Morgan fingerprint density at radius 1 is 1.18 bits per heavy atom. The van der Waals surface area contributed by atoms with E-state index in [4.69, 9.17) is 9.72 Å². The zero-order chi connectivity index (χ0) is 26.9. The topological polar surface area (TPSA) is 97.8 Å². The van der Waals surface area contributed by atoms with Crippen LogP contribution in [0.1, 0.15) is 44.9 Å². The molecule has 9 nitrogen and oxygen atoms in total. The maximum absolute atomic E-state index is 14.1. The predicted octanol–water partition coefficient (Wildman–Crippen LogP) is 4.09. The first kappa shape index (κ1) is 26.2. The van der Waals surface area contributed by atoms with Crippen LogP contribution in [0.5, 0.6) is 5.75 Å². The van der Waals surface area contributed by atoms with Crippen LogP contribution in [0, 0.1) is 0 Å². The molecule has 202 valence electrons. The second kappa shape index (κ2) is 10.4. The third-order valence-corrected chi connectivity index (χ3v) is 7.74. The lowest BCUT2D eigenvalue weighted by Crippen LogP contribution is -2.55. The van der Waals surface area contributed by atoms with Gasteiger partial charge in [0.05, 0.1) is 36.7 Å². The van der Waals surface area contributed by atoms with E-state index >= 15 is 0 Å². The maximum Gasteiger partial charge on any atom is 0.326 e. The van der Waals surface area contributed by atoms with Gasteiger partial charge in [0.15, 0.2) is 0 Å². The molecule has 0 atom stereocenters. The predicted molar refractivity (Wildman–Crippen MR) is 147 cm³/mol. The fourth-order valence-corrected chi connectivity index (χ4v) is 5.84. The second-order valence-electron chi connectivity index (χ2n) is 11.1. The summed E-state index contributed by atoms with van der Waals surface area (Å²) in [5, 5.41) is 17.3. The molecule has 4 heterocycles. The lowest BCUT2D eigenvalue weighted by molar-refractivity contribution is 0.00617. The molecule has 2 aromatic heterocycles. The minimum Gasteiger partial charge on any atom is -0.497 e. The molecule has 2 aliphatic heterocycles. The van der Waals surface area contributed by atoms with Gasteiger partial charge in [0.25, 0.3) is 0 Å². The number of nitrogens with zero attached hydrogens (tertiary/aromatic N) is 5. The van der Waals surface area contributed by atoms with E-state index in [1.165, 1.54) is 0 Å². The van der Waals surface area contributed by atoms with E-state index in [1.807, 2.05) is 66.2 Å². The van der Waals surface area contributed by atoms with Crippen molar-refractivity contribution in [1.29, 1.82) is 0 Å². The molecule has 1 spiro atoms. The standard InChI is InChI=1S/C29H38N6O3/c1-5-25-24(22-16-30-31-17-22)9-10-26(32-25)34-20-29(11-13-33(14-12-29)19-28(2,3)37)35(27(34)36)18-21-7-6-8-23(15-21)38-4/h6-10,15-17,37H,5,11-14,18-20H2,1-4H3,(H,30,31). The highest BCUT2D eigenvalue weighted by atomic mass is 16.5. The maximum atomic E-state index is 14.1. The summed E-state index contributed by atoms with van der Waals surface area (Å²) in [5.74, 6) is 1.47. The first-order chi connectivity index (χ1) is 18.2. The molecule has 2 aliphatic rings. The van der Waals surface area contributed by atoms with E-state index in [2.05, 4.69) is 22.0 Å². The lowest BCUT2D eigenvalue weighted by Gasteiger charge is -2.44. The molecule has 38 heavy (non-hydrogen) atoms. The molecule has 1 aromatic carbocycles. The number of likely N-dealkylation sites (tertiary alicyclic amines) is 1. The first-order valence-electron chi connectivity index (χ1n) is 13.4. The Morgan fingerprint density at radius 2 is 1.97 bits per heavy atom. The van der Waals surface area contributed by atoms with Gasteiger partial charge < -0.3 is 19.6 Å². The van der Waals surface area contributed by atoms with Crippen LogP contribution < -0.4 is 9.64 Å². The average molecular weight is 519 g/mol. The van der Waals surface area contributed by atoms with Crippen molar-refractivity contribution in [2.24, 2.45) is 0 Å². The minimum atomic E-state index is -0.750. The van der Waals surface area contributed by atoms with Gasteiger partial charge in [-0.1, -0.05) is 19.1 Å². The van der Waals surface area contributed by atoms with Gasteiger partial charge in [-0.05, 0) is 62.9 Å². The summed E-state index contributed by atoms with van der Waals surface area (Å²) >= 11 is 0. The number of nitrogens with one attached hydrogen (secondary N) is 1. The number of benzene rings is 1. The number of aromatic amines is 1. The van der Waals surface area contributed by atoms with Crippen molar-refractivity contribution in [2.45, 2.75) is 57.7 Å². The Balaban J connectivity index is 1.45. The van der Waals surface area contributed by atoms with Gasteiger partial charge in [0.1, 0.15) is 11.6 Å². The SMILES string of the molecule is CCc1nc(N2CC3(CCN(CC(C)(C)O)CC3)N(Cc3cccc(OC)c3)C2=O)ccc1-c1cn[nH]c1. The van der Waals surface area contributed by atoms with Crippen molar-refractivity contribution in [3.8, 4) is 16.9 Å². The first-order valence-corrected chi connectivity index (χ1v) is 13.4. The third kappa shape index (κ3) is 5.26. The number of carbonyl (C=O) groups is 1. The summed E-state index contributed by atoms with van der Waals surface area (Å²) in [6, 6.07) is 11.9. The number of aliphatic hydroxyl groups is 1. The van der Waals surface area contributed by atoms with Crippen LogP contribution in [0.3, 0.4) is 0 Å². The van der Waals surface area contributed by atoms with Crippen molar-refractivity contribution in [2.75, 3.05) is 38.2 Å². The third-order valence-electron chi connectivity index (χ3n) is 7.74. The number of pyridine rings is 1. The fraction of sp³-hybridized carbons (Fsp3) is 0.483. The van der Waals surface area contributed by atoms with Gasteiger partial charge in [-0.25, -0.2) is 9.78 Å². The number of ether oxygens (including phenoxy) is 1. The summed E-state index contributed by atoms with van der Waals surface area (Å²) in [7, 11) is 1.66. The fourth-order valence-electron chi connectivity index (χ4n) is 5.84. The van der Waals surface area contributed by atoms with Crippen LogP contribution in [-0.4, -0.2) is 80.5 Å². The monoisotopic (exact) mass is 518 g/mol. The summed E-state index contributed by atoms with van der Waals surface area (Å²) in [4.78, 5) is 25.2. The van der Waals surface area contributed by atoms with E-state index in [1.54, 1.807) is 13.3 Å². The normalized spacial score (nSPS) is 18.0. The Labute approximate surface area is 224 Å². The van der Waals surface area contributed by atoms with Gasteiger partial charge in [0.2, 0.25) is 0 Å². The van der Waals surface area contributed by atoms with Gasteiger partial charge in [-0.3, -0.25) is 10.00 Å². The molecular formula is C29H38N6O3. The summed E-state index contributed by atoms with van der Waals surface area (Å²) in [6.45, 7) is 9.14. The second-order valence-corrected chi connectivity index (χ2v) is 11.1. The largest absolute Gasteiger partial charge is 0.497 e.